The number of amides is 2. The third-order valence-corrected chi connectivity index (χ3v) is 11.7. The number of aryl methyl sites for hydroxylation is 10. The number of rotatable bonds is 34. The molecule has 6 N–H and O–H groups in total. The molecule has 0 radical (unpaired) electrons. The maximum Gasteiger partial charge on any atom is 0.262 e. The zero-order chi connectivity index (χ0) is 45.3. The molecule has 6 aromatic heterocycles. The summed E-state index contributed by atoms with van der Waals surface area (Å²) in [6.07, 6.45) is 49.5. The quantitative estimate of drug-likeness (QED) is 0.0336. The van der Waals surface area contributed by atoms with E-state index in [1.54, 1.807) is 0 Å². The Hall–Kier alpha value is -5.88. The van der Waals surface area contributed by atoms with Crippen LogP contribution in [-0.2, 0) is 88.1 Å². The summed E-state index contributed by atoms with van der Waals surface area (Å²) < 4.78 is 26.2. The van der Waals surface area contributed by atoms with Gasteiger partial charge >= 0.3 is 0 Å². The van der Waals surface area contributed by atoms with Crippen molar-refractivity contribution < 1.29 is 37.0 Å². The van der Waals surface area contributed by atoms with Crippen LogP contribution < -0.4 is 49.5 Å². The second kappa shape index (κ2) is 27.4. The van der Waals surface area contributed by atoms with Crippen LogP contribution >= 0.6 is 0 Å². The minimum atomic E-state index is -0.0344. The summed E-state index contributed by atoms with van der Waals surface area (Å²) in [5, 5.41) is 5.96. The molecule has 18 heteroatoms. The predicted molar refractivity (Wildman–Crippen MR) is 243 cm³/mol. The Kier molecular flexibility index (Phi) is 20.5. The maximum absolute atomic E-state index is 12.6. The molecular formula is C47H78N16O2+6. The Bertz CT molecular complexity index is 2090. The van der Waals surface area contributed by atoms with E-state index in [9.17, 15) is 9.59 Å². The molecule has 0 spiro atoms. The second-order valence-electron chi connectivity index (χ2n) is 17.4. The summed E-state index contributed by atoms with van der Waals surface area (Å²) in [4.78, 5) is 25.2. The Morgan fingerprint density at radius 3 is 0.923 bits per heavy atom. The van der Waals surface area contributed by atoms with Gasteiger partial charge in [-0.2, -0.15) is 0 Å². The summed E-state index contributed by atoms with van der Waals surface area (Å²) in [5.41, 5.74) is 11.3. The molecule has 0 saturated heterocycles. The fraction of sp³-hybridized carbons (Fsp3) is 0.574. The van der Waals surface area contributed by atoms with Gasteiger partial charge in [-0.05, 0) is 83.7 Å². The number of carbonyl (C=O) groups is 2. The highest BCUT2D eigenvalue weighted by atomic mass is 16.2. The van der Waals surface area contributed by atoms with Gasteiger partial charge in [-0.25, -0.2) is 54.8 Å². The molecule has 6 aromatic rings. The molecule has 0 bridgehead atoms. The van der Waals surface area contributed by atoms with Crippen LogP contribution in [0.3, 0.4) is 0 Å². The van der Waals surface area contributed by atoms with E-state index in [-0.39, 0.29) is 24.9 Å². The lowest BCUT2D eigenvalue weighted by atomic mass is 10.3. The number of nitrogens with two attached hydrogens (primary N) is 2. The molecule has 0 unspecified atom stereocenters. The number of aromatic nitrogens is 12. The minimum Gasteiger partial charge on any atom is -0.353 e. The van der Waals surface area contributed by atoms with Gasteiger partial charge in [0.1, 0.15) is 74.4 Å². The topological polar surface area (TPSA) is 163 Å². The van der Waals surface area contributed by atoms with Crippen molar-refractivity contribution in [2.45, 2.75) is 149 Å². The standard InChI is InChI=1S/C47H76N16O2/c48-12-9-24-60-32-30-56(42-60)20-3-1-16-52-26-28-54(40-52)18-5-7-22-58-34-36-62(44-58)38-46(64)50-14-11-15-51-47(65)39-63-37-35-59(45-63)23-8-6-19-55-29-27-53(41-55)17-2-4-21-57-31-33-61(43-57)25-10-13-49/h26-37,40-45H,1-25,38-39,48-49H2/q+4/p+2. The molecule has 0 aliphatic carbocycles. The van der Waals surface area contributed by atoms with E-state index >= 15 is 0 Å². The van der Waals surface area contributed by atoms with Crippen LogP contribution in [0.4, 0.5) is 0 Å². The van der Waals surface area contributed by atoms with Crippen LogP contribution in [0.1, 0.15) is 70.6 Å². The first kappa shape index (κ1) is 48.6. The first-order chi connectivity index (χ1) is 31.9. The van der Waals surface area contributed by atoms with Gasteiger partial charge < -0.3 is 22.1 Å². The van der Waals surface area contributed by atoms with E-state index in [2.05, 4.69) is 131 Å². The van der Waals surface area contributed by atoms with Gasteiger partial charge in [0.05, 0.1) is 65.4 Å². The van der Waals surface area contributed by atoms with Crippen LogP contribution in [0, 0.1) is 0 Å². The molecule has 0 aromatic carbocycles. The lowest BCUT2D eigenvalue weighted by Crippen LogP contribution is -2.43. The van der Waals surface area contributed by atoms with E-state index in [1.807, 2.05) is 46.6 Å². The van der Waals surface area contributed by atoms with Gasteiger partial charge in [0.15, 0.2) is 13.1 Å². The number of nitrogens with zero attached hydrogens (tertiary/aromatic N) is 12. The van der Waals surface area contributed by atoms with E-state index in [1.165, 1.54) is 0 Å². The number of unbranched alkanes of at least 4 members (excludes halogenated alkanes) is 4. The van der Waals surface area contributed by atoms with Crippen molar-refractivity contribution in [3.05, 3.63) is 112 Å². The molecule has 0 aliphatic heterocycles. The molecule has 352 valence electrons. The van der Waals surface area contributed by atoms with Gasteiger partial charge in [-0.3, -0.25) is 9.59 Å². The summed E-state index contributed by atoms with van der Waals surface area (Å²) >= 11 is 0. The van der Waals surface area contributed by atoms with Crippen LogP contribution in [0.5, 0.6) is 0 Å². The Morgan fingerprint density at radius 1 is 0.354 bits per heavy atom. The third kappa shape index (κ3) is 18.3. The Labute approximate surface area is 384 Å². The molecular weight excluding hydrogens is 821 g/mol. The van der Waals surface area contributed by atoms with Crippen LogP contribution in [0.25, 0.3) is 0 Å². The highest BCUT2D eigenvalue weighted by Crippen LogP contribution is 2.02. The van der Waals surface area contributed by atoms with Gasteiger partial charge in [0.25, 0.3) is 11.8 Å². The van der Waals surface area contributed by atoms with E-state index < -0.39 is 0 Å². The molecule has 0 atom stereocenters. The molecule has 6 heterocycles. The zero-order valence-corrected chi connectivity index (χ0v) is 38.8. The smallest absolute Gasteiger partial charge is 0.262 e. The monoisotopic (exact) mass is 899 g/mol. The molecule has 0 fully saturated rings. The molecule has 2 amide bonds. The van der Waals surface area contributed by atoms with Crippen molar-refractivity contribution in [1.82, 2.24) is 38.0 Å². The number of imidazole rings is 6. The van der Waals surface area contributed by atoms with E-state index in [0.29, 0.717) is 19.5 Å². The van der Waals surface area contributed by atoms with Crippen molar-refractivity contribution in [3.8, 4) is 0 Å². The molecule has 0 aliphatic rings. The van der Waals surface area contributed by atoms with Crippen molar-refractivity contribution >= 4 is 11.8 Å². The normalized spacial score (nSPS) is 11.5. The average molecular weight is 899 g/mol. The van der Waals surface area contributed by atoms with Crippen molar-refractivity contribution in [3.63, 3.8) is 0 Å². The van der Waals surface area contributed by atoms with Crippen molar-refractivity contribution in [2.24, 2.45) is 11.5 Å². The minimum absolute atomic E-state index is 0.0344. The van der Waals surface area contributed by atoms with E-state index in [4.69, 9.17) is 11.5 Å². The highest BCUT2D eigenvalue weighted by molar-refractivity contribution is 5.74. The lowest BCUT2D eigenvalue weighted by Gasteiger charge is -2.05. The van der Waals surface area contributed by atoms with Gasteiger partial charge in [0, 0.05) is 13.1 Å². The number of hydrogen-bond acceptors (Lipinski definition) is 4. The first-order valence-corrected chi connectivity index (χ1v) is 24.1. The summed E-state index contributed by atoms with van der Waals surface area (Å²) in [7, 11) is 0. The van der Waals surface area contributed by atoms with Crippen LogP contribution in [0.15, 0.2) is 112 Å². The molecule has 6 rings (SSSR count). The number of carbonyl (C=O) groups excluding carboxylic acids is 2. The lowest BCUT2D eigenvalue weighted by molar-refractivity contribution is -0.697. The number of nitrogens with one attached hydrogen (secondary N) is 2. The summed E-state index contributed by atoms with van der Waals surface area (Å²) in [6, 6.07) is 0. The third-order valence-electron chi connectivity index (χ3n) is 11.7. The van der Waals surface area contributed by atoms with Crippen LogP contribution in [0.2, 0.25) is 0 Å². The second-order valence-corrected chi connectivity index (χ2v) is 17.4. The Balaban J connectivity index is 0.733. The fourth-order valence-electron chi connectivity index (χ4n) is 8.03. The molecule has 0 saturated carbocycles. The average Bonchev–Trinajstić information content (AvgIpc) is 4.18. The molecule has 65 heavy (non-hydrogen) atoms. The largest absolute Gasteiger partial charge is 0.353 e. The maximum atomic E-state index is 12.6. The summed E-state index contributed by atoms with van der Waals surface area (Å²) in [6.45, 7) is 12.9. The van der Waals surface area contributed by atoms with Crippen molar-refractivity contribution in [2.75, 3.05) is 26.2 Å². The predicted octanol–water partition coefficient (Wildman–Crippen LogP) is 0.162. The van der Waals surface area contributed by atoms with Gasteiger partial charge in [-0.1, -0.05) is 0 Å². The van der Waals surface area contributed by atoms with Crippen LogP contribution in [-0.4, -0.2) is 65.4 Å². The van der Waals surface area contributed by atoms with E-state index in [0.717, 1.165) is 143 Å². The first-order valence-electron chi connectivity index (χ1n) is 24.1. The number of hydrogen-bond donors (Lipinski definition) is 4. The van der Waals surface area contributed by atoms with Crippen molar-refractivity contribution in [1.29, 1.82) is 0 Å². The summed E-state index contributed by atoms with van der Waals surface area (Å²) in [5.74, 6) is -0.0688. The van der Waals surface area contributed by atoms with Gasteiger partial charge in [-0.15, -0.1) is 0 Å². The van der Waals surface area contributed by atoms with Gasteiger partial charge in [0.2, 0.25) is 38.0 Å². The Morgan fingerprint density at radius 2 is 0.615 bits per heavy atom. The highest BCUT2D eigenvalue weighted by Gasteiger charge is 2.13. The SMILES string of the molecule is NCCC[n+]1ccn(CCCC[n+]2ccn(CCCCn3cc[n+](CC(=O)NCCCNC(=O)C[n+]4ccn(CCCCn5cc[n+](CCCCn6cc[n+](CCCN)c6)c5)c4)c3)c2)c1. The fourth-order valence-corrected chi connectivity index (χ4v) is 8.03. The molecule has 18 nitrogen and oxygen atoms in total. The zero-order valence-electron chi connectivity index (χ0n) is 38.8.